The van der Waals surface area contributed by atoms with E-state index in [1.807, 2.05) is 24.0 Å². The van der Waals surface area contributed by atoms with E-state index in [9.17, 15) is 8.78 Å². The van der Waals surface area contributed by atoms with Crippen LogP contribution in [0.15, 0.2) is 18.2 Å². The summed E-state index contributed by atoms with van der Waals surface area (Å²) in [7, 11) is 0. The normalized spacial score (nSPS) is 19.3. The second-order valence-corrected chi connectivity index (χ2v) is 4.94. The van der Waals surface area contributed by atoms with Crippen LogP contribution in [-0.4, -0.2) is 30.5 Å². The lowest BCUT2D eigenvalue weighted by Crippen LogP contribution is -2.38. The zero-order chi connectivity index (χ0) is 13.9. The Hall–Kier alpha value is -1.36. The van der Waals surface area contributed by atoms with Gasteiger partial charge in [-0.05, 0) is 24.6 Å². The Labute approximate surface area is 112 Å². The van der Waals surface area contributed by atoms with Crippen molar-refractivity contribution < 1.29 is 13.5 Å². The maximum absolute atomic E-state index is 13.1. The molecule has 0 atom stereocenters. The summed E-state index contributed by atoms with van der Waals surface area (Å²) in [5.41, 5.74) is 7.46. The maximum atomic E-state index is 13.1. The third kappa shape index (κ3) is 3.80. The topological polar surface area (TPSA) is 38.5 Å². The summed E-state index contributed by atoms with van der Waals surface area (Å²) in [6.07, 6.45) is -0.111. The van der Waals surface area contributed by atoms with Gasteiger partial charge in [-0.2, -0.15) is 0 Å². The molecule has 1 aliphatic rings. The van der Waals surface area contributed by atoms with E-state index in [-0.39, 0.29) is 12.8 Å². The van der Waals surface area contributed by atoms with Crippen LogP contribution in [0.5, 0.6) is 5.75 Å². The van der Waals surface area contributed by atoms with Crippen molar-refractivity contribution in [2.75, 3.05) is 25.4 Å². The monoisotopic (exact) mass is 270 g/mol. The summed E-state index contributed by atoms with van der Waals surface area (Å²) >= 11 is 0. The van der Waals surface area contributed by atoms with Crippen molar-refractivity contribution in [2.24, 2.45) is 0 Å². The number of halogens is 2. The van der Waals surface area contributed by atoms with Crippen LogP contribution < -0.4 is 10.5 Å². The highest BCUT2D eigenvalue weighted by molar-refractivity contribution is 5.53. The molecule has 0 aromatic heterocycles. The van der Waals surface area contributed by atoms with Crippen LogP contribution in [0.2, 0.25) is 0 Å². The van der Waals surface area contributed by atoms with Crippen LogP contribution >= 0.6 is 0 Å². The molecule has 1 aromatic carbocycles. The molecule has 1 aromatic rings. The lowest BCUT2D eigenvalue weighted by molar-refractivity contribution is -0.0566. The Morgan fingerprint density at radius 2 is 2.00 bits per heavy atom. The van der Waals surface area contributed by atoms with E-state index < -0.39 is 5.92 Å². The fourth-order valence-electron chi connectivity index (χ4n) is 2.25. The van der Waals surface area contributed by atoms with Crippen LogP contribution in [0, 0.1) is 0 Å². The first-order valence-corrected chi connectivity index (χ1v) is 6.61. The van der Waals surface area contributed by atoms with Crippen molar-refractivity contribution in [1.82, 2.24) is 4.90 Å². The Kier molecular flexibility index (Phi) is 4.24. The number of benzene rings is 1. The molecule has 2 rings (SSSR count). The van der Waals surface area contributed by atoms with Crippen molar-refractivity contribution in [3.8, 4) is 5.75 Å². The minimum Gasteiger partial charge on any atom is -0.492 e. The lowest BCUT2D eigenvalue weighted by Gasteiger charge is -2.31. The van der Waals surface area contributed by atoms with Crippen LogP contribution in [0.3, 0.4) is 0 Å². The maximum Gasteiger partial charge on any atom is 0.250 e. The van der Waals surface area contributed by atoms with E-state index in [0.717, 1.165) is 5.56 Å². The number of nitrogens with two attached hydrogens (primary N) is 1. The number of alkyl halides is 2. The zero-order valence-corrected chi connectivity index (χ0v) is 11.2. The highest BCUT2D eigenvalue weighted by atomic mass is 19.3. The van der Waals surface area contributed by atoms with Gasteiger partial charge in [0.1, 0.15) is 5.75 Å². The number of piperidine rings is 1. The first-order valence-electron chi connectivity index (χ1n) is 6.61. The Bertz CT molecular complexity index is 427. The molecule has 0 unspecified atom stereocenters. The second-order valence-electron chi connectivity index (χ2n) is 4.94. The van der Waals surface area contributed by atoms with E-state index in [2.05, 4.69) is 0 Å². The fraction of sp³-hybridized carbons (Fsp3) is 0.571. The number of anilines is 1. The Morgan fingerprint density at radius 3 is 2.63 bits per heavy atom. The van der Waals surface area contributed by atoms with Crippen LogP contribution in [0.1, 0.15) is 25.3 Å². The molecule has 0 amide bonds. The lowest BCUT2D eigenvalue weighted by atomic mass is 10.1. The molecule has 2 N–H and O–H groups in total. The predicted molar refractivity (Wildman–Crippen MR) is 71.5 cm³/mol. The first kappa shape index (κ1) is 14.1. The van der Waals surface area contributed by atoms with Crippen molar-refractivity contribution in [3.63, 3.8) is 0 Å². The molecule has 0 aliphatic carbocycles. The van der Waals surface area contributed by atoms with Crippen LogP contribution in [-0.2, 0) is 6.54 Å². The largest absolute Gasteiger partial charge is 0.492 e. The summed E-state index contributed by atoms with van der Waals surface area (Å²) in [6, 6.07) is 5.62. The molecular weight excluding hydrogens is 250 g/mol. The summed E-state index contributed by atoms with van der Waals surface area (Å²) in [4.78, 5) is 2.04. The van der Waals surface area contributed by atoms with Crippen LogP contribution in [0.25, 0.3) is 0 Å². The molecule has 0 radical (unpaired) electrons. The molecule has 0 spiro atoms. The summed E-state index contributed by atoms with van der Waals surface area (Å²) < 4.78 is 31.6. The van der Waals surface area contributed by atoms with Gasteiger partial charge >= 0.3 is 0 Å². The quantitative estimate of drug-likeness (QED) is 0.855. The fourth-order valence-corrected chi connectivity index (χ4v) is 2.25. The van der Waals surface area contributed by atoms with Crippen molar-refractivity contribution in [1.29, 1.82) is 0 Å². The van der Waals surface area contributed by atoms with Crippen molar-refractivity contribution >= 4 is 5.69 Å². The van der Waals surface area contributed by atoms with E-state index in [1.54, 1.807) is 6.07 Å². The first-order chi connectivity index (χ1) is 9.00. The van der Waals surface area contributed by atoms with Gasteiger partial charge in [0.15, 0.2) is 0 Å². The number of nitrogen functional groups attached to an aromatic ring is 1. The molecule has 1 fully saturated rings. The highest BCUT2D eigenvalue weighted by Gasteiger charge is 2.33. The molecule has 19 heavy (non-hydrogen) atoms. The van der Waals surface area contributed by atoms with E-state index in [1.165, 1.54) is 0 Å². The van der Waals surface area contributed by atoms with Gasteiger partial charge in [-0.25, -0.2) is 8.78 Å². The Balaban J connectivity index is 1.98. The van der Waals surface area contributed by atoms with Gasteiger partial charge in [0, 0.05) is 32.5 Å². The predicted octanol–water partition coefficient (Wildman–Crippen LogP) is 2.90. The standard InChI is InChI=1S/C14H20F2N2O/c1-2-19-13-9-11(3-4-12(13)17)10-18-7-5-14(15,16)6-8-18/h3-4,9H,2,5-8,10,17H2,1H3. The van der Waals surface area contributed by atoms with Crippen molar-refractivity contribution in [3.05, 3.63) is 23.8 Å². The van der Waals surface area contributed by atoms with Gasteiger partial charge in [-0.3, -0.25) is 4.90 Å². The van der Waals surface area contributed by atoms with E-state index in [0.29, 0.717) is 37.7 Å². The highest BCUT2D eigenvalue weighted by Crippen LogP contribution is 2.29. The molecule has 106 valence electrons. The van der Waals surface area contributed by atoms with Crippen LogP contribution in [0.4, 0.5) is 14.5 Å². The van der Waals surface area contributed by atoms with Gasteiger partial charge in [0.25, 0.3) is 5.92 Å². The van der Waals surface area contributed by atoms with Crippen molar-refractivity contribution in [2.45, 2.75) is 32.2 Å². The SMILES string of the molecule is CCOc1cc(CN2CCC(F)(F)CC2)ccc1N. The number of rotatable bonds is 4. The minimum atomic E-state index is -2.49. The molecule has 1 heterocycles. The van der Waals surface area contributed by atoms with Gasteiger partial charge in [-0.1, -0.05) is 6.07 Å². The van der Waals surface area contributed by atoms with Gasteiger partial charge in [0.2, 0.25) is 0 Å². The van der Waals surface area contributed by atoms with Gasteiger partial charge in [0.05, 0.1) is 12.3 Å². The number of nitrogens with zero attached hydrogens (tertiary/aromatic N) is 1. The Morgan fingerprint density at radius 1 is 1.32 bits per heavy atom. The van der Waals surface area contributed by atoms with Gasteiger partial charge in [-0.15, -0.1) is 0 Å². The molecule has 0 saturated carbocycles. The smallest absolute Gasteiger partial charge is 0.250 e. The molecule has 1 saturated heterocycles. The average Bonchev–Trinajstić information content (AvgIpc) is 2.36. The molecule has 1 aliphatic heterocycles. The third-order valence-corrected chi connectivity index (χ3v) is 3.37. The summed E-state index contributed by atoms with van der Waals surface area (Å²) in [5, 5.41) is 0. The molecular formula is C14H20F2N2O. The number of ether oxygens (including phenoxy) is 1. The third-order valence-electron chi connectivity index (χ3n) is 3.37. The second kappa shape index (κ2) is 5.74. The minimum absolute atomic E-state index is 0.0553. The molecule has 0 bridgehead atoms. The molecule has 3 nitrogen and oxygen atoms in total. The average molecular weight is 270 g/mol. The summed E-state index contributed by atoms with van der Waals surface area (Å²) in [5.74, 6) is -1.82. The number of likely N-dealkylation sites (tertiary alicyclic amines) is 1. The summed E-state index contributed by atoms with van der Waals surface area (Å²) in [6.45, 7) is 3.99. The van der Waals surface area contributed by atoms with E-state index >= 15 is 0 Å². The molecule has 5 heteroatoms. The number of hydrogen-bond acceptors (Lipinski definition) is 3. The van der Waals surface area contributed by atoms with Gasteiger partial charge < -0.3 is 10.5 Å². The van der Waals surface area contributed by atoms with E-state index in [4.69, 9.17) is 10.5 Å². The number of hydrogen-bond donors (Lipinski definition) is 1. The zero-order valence-electron chi connectivity index (χ0n) is 11.2.